The number of aromatic nitrogens is 4. The van der Waals surface area contributed by atoms with Crippen LogP contribution in [0.15, 0.2) is 182 Å². The summed E-state index contributed by atoms with van der Waals surface area (Å²) < 4.78 is 4.82. The maximum absolute atomic E-state index is 5.20. The molecule has 0 bridgehead atoms. The number of nitrogens with zero attached hydrogens (tertiary/aromatic N) is 4. The Bertz CT molecular complexity index is 3170. The van der Waals surface area contributed by atoms with Crippen molar-refractivity contribution in [2.75, 3.05) is 0 Å². The molecule has 0 saturated carbocycles. The summed E-state index contributed by atoms with van der Waals surface area (Å²) in [6.07, 6.45) is 0. The van der Waals surface area contributed by atoms with Gasteiger partial charge in [-0.15, -0.1) is 0 Å². The molecule has 4 heteroatoms. The van der Waals surface area contributed by atoms with E-state index in [4.69, 9.17) is 9.97 Å². The first-order valence-electron chi connectivity index (χ1n) is 17.7. The number of hydrogen-bond donors (Lipinski definition) is 0. The lowest BCUT2D eigenvalue weighted by atomic mass is 10.0. The molecule has 8 aromatic carbocycles. The van der Waals surface area contributed by atoms with Gasteiger partial charge in [-0.3, -0.25) is 0 Å². The first-order chi connectivity index (χ1) is 25.8. The molecule has 3 heterocycles. The van der Waals surface area contributed by atoms with Gasteiger partial charge in [0.1, 0.15) is 0 Å². The predicted molar refractivity (Wildman–Crippen MR) is 217 cm³/mol. The molecule has 0 unspecified atom stereocenters. The van der Waals surface area contributed by atoms with E-state index in [1.807, 2.05) is 12.1 Å². The van der Waals surface area contributed by atoms with Gasteiger partial charge in [0.2, 0.25) is 0 Å². The highest BCUT2D eigenvalue weighted by Gasteiger charge is 2.20. The fraction of sp³-hybridized carbons (Fsp3) is 0. The number of para-hydroxylation sites is 3. The van der Waals surface area contributed by atoms with E-state index in [0.717, 1.165) is 50.1 Å². The number of hydrogen-bond acceptors (Lipinski definition) is 2. The summed E-state index contributed by atoms with van der Waals surface area (Å²) in [5.74, 6) is 0.707. The molecule has 11 rings (SSSR count). The van der Waals surface area contributed by atoms with Crippen molar-refractivity contribution >= 4 is 65.3 Å². The summed E-state index contributed by atoms with van der Waals surface area (Å²) >= 11 is 0. The van der Waals surface area contributed by atoms with Gasteiger partial charge in [0.25, 0.3) is 0 Å². The maximum atomic E-state index is 5.20. The highest BCUT2D eigenvalue weighted by Crippen LogP contribution is 2.42. The van der Waals surface area contributed by atoms with Crippen LogP contribution in [-0.2, 0) is 0 Å². The van der Waals surface area contributed by atoms with Gasteiger partial charge in [-0.05, 0) is 65.4 Å². The van der Waals surface area contributed by atoms with Gasteiger partial charge in [0, 0.05) is 49.4 Å². The molecule has 0 amide bonds. The van der Waals surface area contributed by atoms with E-state index in [1.54, 1.807) is 0 Å². The first-order valence-corrected chi connectivity index (χ1v) is 17.7. The second kappa shape index (κ2) is 11.2. The largest absolute Gasteiger partial charge is 0.309 e. The van der Waals surface area contributed by atoms with Crippen LogP contribution in [0.25, 0.3) is 99.3 Å². The van der Waals surface area contributed by atoms with E-state index in [2.05, 4.69) is 179 Å². The zero-order chi connectivity index (χ0) is 34.2. The Morgan fingerprint density at radius 2 is 1.00 bits per heavy atom. The minimum absolute atomic E-state index is 0.707. The third kappa shape index (κ3) is 4.28. The molecule has 4 nitrogen and oxygen atoms in total. The van der Waals surface area contributed by atoms with E-state index in [9.17, 15) is 0 Å². The summed E-state index contributed by atoms with van der Waals surface area (Å²) in [6, 6.07) is 64.9. The minimum atomic E-state index is 0.707. The summed E-state index contributed by atoms with van der Waals surface area (Å²) in [5.41, 5.74) is 10.8. The smallest absolute Gasteiger partial charge is 0.160 e. The third-order valence-electron chi connectivity index (χ3n) is 10.5. The molecule has 0 aliphatic carbocycles. The van der Waals surface area contributed by atoms with Gasteiger partial charge in [0.15, 0.2) is 5.82 Å². The van der Waals surface area contributed by atoms with Crippen molar-refractivity contribution in [1.29, 1.82) is 0 Å². The monoisotopic (exact) mass is 662 g/mol. The Morgan fingerprint density at radius 1 is 0.346 bits per heavy atom. The fourth-order valence-corrected chi connectivity index (χ4v) is 8.19. The molecule has 0 N–H and O–H groups in total. The maximum Gasteiger partial charge on any atom is 0.160 e. The number of benzene rings is 8. The van der Waals surface area contributed by atoms with Crippen LogP contribution in [0, 0.1) is 0 Å². The van der Waals surface area contributed by atoms with Crippen molar-refractivity contribution in [3.05, 3.63) is 182 Å². The molecule has 11 aromatic rings. The second-order valence-corrected chi connectivity index (χ2v) is 13.4. The van der Waals surface area contributed by atoms with E-state index in [-0.39, 0.29) is 0 Å². The Balaban J connectivity index is 1.20. The minimum Gasteiger partial charge on any atom is -0.309 e. The van der Waals surface area contributed by atoms with Crippen LogP contribution in [0.1, 0.15) is 0 Å². The quantitative estimate of drug-likeness (QED) is 0.188. The van der Waals surface area contributed by atoms with E-state index in [1.165, 1.54) is 43.4 Å². The Hall–Kier alpha value is -7.04. The molecule has 0 radical (unpaired) electrons. The molecule has 0 aliphatic rings. The molecular formula is C48H30N4. The molecule has 0 aliphatic heterocycles. The zero-order valence-corrected chi connectivity index (χ0v) is 28.1. The van der Waals surface area contributed by atoms with Crippen molar-refractivity contribution in [3.8, 4) is 34.0 Å². The van der Waals surface area contributed by atoms with Crippen LogP contribution in [0.2, 0.25) is 0 Å². The molecule has 3 aromatic heterocycles. The summed E-state index contributed by atoms with van der Waals surface area (Å²) in [4.78, 5) is 10.3. The van der Waals surface area contributed by atoms with E-state index < -0.39 is 0 Å². The molecule has 0 atom stereocenters. The first kappa shape index (κ1) is 28.8. The Kier molecular flexibility index (Phi) is 6.22. The van der Waals surface area contributed by atoms with Gasteiger partial charge < -0.3 is 9.13 Å². The highest BCUT2D eigenvalue weighted by atomic mass is 15.0. The van der Waals surface area contributed by atoms with Gasteiger partial charge >= 0.3 is 0 Å². The van der Waals surface area contributed by atoms with Gasteiger partial charge in [-0.25, -0.2) is 9.97 Å². The SMILES string of the molecule is c1ccc(-c2nc(-c3cccc(-n4c5ccccc5c5cc6c7c8ccccc8ccc7n(-c7ccccc7)c6cc54)c3)nc3ccccc23)cc1. The average Bonchev–Trinajstić information content (AvgIpc) is 3.72. The van der Waals surface area contributed by atoms with Gasteiger partial charge in [0.05, 0.1) is 33.3 Å². The molecule has 52 heavy (non-hydrogen) atoms. The lowest BCUT2D eigenvalue weighted by Gasteiger charge is -2.12. The average molecular weight is 663 g/mol. The van der Waals surface area contributed by atoms with Crippen LogP contribution in [-0.4, -0.2) is 19.1 Å². The standard InChI is InChI=1S/C48H30N4/c1-3-15-32(16-4-1)47-38-23-9-11-24-41(38)49-48(50-47)33-17-13-20-35(28-33)52-42-25-12-10-22-37(42)39-29-40-45(30-44(39)52)51(34-18-5-2-6-19-34)43-27-26-31-14-7-8-21-36(31)46(40)43/h1-30H. The predicted octanol–water partition coefficient (Wildman–Crippen LogP) is 12.3. The normalized spacial score (nSPS) is 11.8. The van der Waals surface area contributed by atoms with Crippen molar-refractivity contribution in [3.63, 3.8) is 0 Å². The summed E-state index contributed by atoms with van der Waals surface area (Å²) in [6.45, 7) is 0. The van der Waals surface area contributed by atoms with Gasteiger partial charge in [-0.1, -0.05) is 127 Å². The lowest BCUT2D eigenvalue weighted by Crippen LogP contribution is -1.98. The zero-order valence-electron chi connectivity index (χ0n) is 28.1. The number of fused-ring (bicyclic) bond motifs is 9. The van der Waals surface area contributed by atoms with E-state index in [0.29, 0.717) is 5.82 Å². The van der Waals surface area contributed by atoms with Crippen LogP contribution >= 0.6 is 0 Å². The van der Waals surface area contributed by atoms with Crippen LogP contribution in [0.3, 0.4) is 0 Å². The lowest BCUT2D eigenvalue weighted by molar-refractivity contribution is 1.16. The fourth-order valence-electron chi connectivity index (χ4n) is 8.19. The number of rotatable bonds is 4. The molecule has 0 spiro atoms. The molecule has 0 fully saturated rings. The topological polar surface area (TPSA) is 35.6 Å². The molecular weight excluding hydrogens is 633 g/mol. The van der Waals surface area contributed by atoms with Crippen LogP contribution < -0.4 is 0 Å². The van der Waals surface area contributed by atoms with E-state index >= 15 is 0 Å². The van der Waals surface area contributed by atoms with Crippen molar-refractivity contribution in [2.24, 2.45) is 0 Å². The molecule has 0 saturated heterocycles. The van der Waals surface area contributed by atoms with Gasteiger partial charge in [-0.2, -0.15) is 0 Å². The van der Waals surface area contributed by atoms with Crippen molar-refractivity contribution in [1.82, 2.24) is 19.1 Å². The summed E-state index contributed by atoms with van der Waals surface area (Å²) in [5, 5.41) is 8.52. The van der Waals surface area contributed by atoms with Crippen LogP contribution in [0.5, 0.6) is 0 Å². The van der Waals surface area contributed by atoms with Crippen molar-refractivity contribution in [2.45, 2.75) is 0 Å². The highest BCUT2D eigenvalue weighted by molar-refractivity contribution is 6.25. The van der Waals surface area contributed by atoms with Crippen molar-refractivity contribution < 1.29 is 0 Å². The summed E-state index contributed by atoms with van der Waals surface area (Å²) in [7, 11) is 0. The third-order valence-corrected chi connectivity index (χ3v) is 10.5. The Morgan fingerprint density at radius 3 is 1.87 bits per heavy atom. The van der Waals surface area contributed by atoms with Crippen LogP contribution in [0.4, 0.5) is 0 Å². The second-order valence-electron chi connectivity index (χ2n) is 13.4. The molecule has 242 valence electrons. The Labute approximate surface area is 299 Å².